The van der Waals surface area contributed by atoms with Gasteiger partial charge in [-0.25, -0.2) is 4.98 Å². The number of benzene rings is 1. The fourth-order valence-corrected chi connectivity index (χ4v) is 3.16. The Bertz CT molecular complexity index is 705. The van der Waals surface area contributed by atoms with Crippen molar-refractivity contribution in [2.45, 2.75) is 6.92 Å². The van der Waals surface area contributed by atoms with Crippen LogP contribution in [0.2, 0.25) is 0 Å². The number of nitrogen functional groups attached to an aromatic ring is 1. The van der Waals surface area contributed by atoms with Gasteiger partial charge in [0.1, 0.15) is 16.5 Å². The lowest BCUT2D eigenvalue weighted by Crippen LogP contribution is -1.90. The Morgan fingerprint density at radius 3 is 2.60 bits per heavy atom. The first-order chi connectivity index (χ1) is 9.76. The van der Waals surface area contributed by atoms with Crippen LogP contribution in [0, 0.1) is 0 Å². The van der Waals surface area contributed by atoms with Gasteiger partial charge in [0.05, 0.1) is 6.61 Å². The third kappa shape index (κ3) is 2.63. The molecule has 7 heteroatoms. The van der Waals surface area contributed by atoms with Gasteiger partial charge >= 0.3 is 0 Å². The number of hydrogen-bond acceptors (Lipinski definition) is 7. The Morgan fingerprint density at radius 2 is 1.95 bits per heavy atom. The van der Waals surface area contributed by atoms with Crippen LogP contribution in [0.4, 0.5) is 5.13 Å². The molecular weight excluding hydrogens is 292 g/mol. The zero-order valence-electron chi connectivity index (χ0n) is 10.7. The maximum absolute atomic E-state index is 5.59. The molecule has 1 aromatic carbocycles. The van der Waals surface area contributed by atoms with Crippen LogP contribution in [0.15, 0.2) is 29.6 Å². The van der Waals surface area contributed by atoms with E-state index < -0.39 is 0 Å². The Balaban J connectivity index is 1.86. The zero-order valence-corrected chi connectivity index (χ0v) is 12.4. The van der Waals surface area contributed by atoms with Crippen molar-refractivity contribution in [1.29, 1.82) is 0 Å². The topological polar surface area (TPSA) is 73.9 Å². The van der Waals surface area contributed by atoms with E-state index in [4.69, 9.17) is 10.5 Å². The molecule has 0 fully saturated rings. The first kappa shape index (κ1) is 13.0. The minimum Gasteiger partial charge on any atom is -0.494 e. The standard InChI is InChI=1S/C13H12N4OS2/c1-2-18-9-5-3-8(4-6-9)11-15-10(7-19-11)12-16-17-13(14)20-12/h3-7H,2H2,1H3,(H2,14,17). The Kier molecular flexibility index (Phi) is 3.62. The maximum atomic E-state index is 5.59. The van der Waals surface area contributed by atoms with Crippen LogP contribution < -0.4 is 10.5 Å². The maximum Gasteiger partial charge on any atom is 0.203 e. The van der Waals surface area contributed by atoms with Crippen LogP contribution in [0.5, 0.6) is 5.75 Å². The largest absolute Gasteiger partial charge is 0.494 e. The summed E-state index contributed by atoms with van der Waals surface area (Å²) in [6, 6.07) is 7.90. The lowest BCUT2D eigenvalue weighted by molar-refractivity contribution is 0.340. The normalized spacial score (nSPS) is 10.7. The summed E-state index contributed by atoms with van der Waals surface area (Å²) in [4.78, 5) is 4.57. The van der Waals surface area contributed by atoms with Gasteiger partial charge in [0.25, 0.3) is 0 Å². The SMILES string of the molecule is CCOc1ccc(-c2nc(-c3nnc(N)s3)cs2)cc1. The molecule has 0 unspecified atom stereocenters. The van der Waals surface area contributed by atoms with Crippen molar-refractivity contribution >= 4 is 27.8 Å². The summed E-state index contributed by atoms with van der Waals surface area (Å²) >= 11 is 2.91. The highest BCUT2D eigenvalue weighted by Gasteiger charge is 2.10. The van der Waals surface area contributed by atoms with E-state index in [2.05, 4.69) is 15.2 Å². The van der Waals surface area contributed by atoms with Gasteiger partial charge in [-0.3, -0.25) is 0 Å². The van der Waals surface area contributed by atoms with Crippen molar-refractivity contribution in [2.75, 3.05) is 12.3 Å². The van der Waals surface area contributed by atoms with Gasteiger partial charge in [0.2, 0.25) is 5.13 Å². The van der Waals surface area contributed by atoms with E-state index in [-0.39, 0.29) is 0 Å². The van der Waals surface area contributed by atoms with Crippen LogP contribution >= 0.6 is 22.7 Å². The van der Waals surface area contributed by atoms with Crippen molar-refractivity contribution in [3.8, 4) is 27.0 Å². The van der Waals surface area contributed by atoms with E-state index in [1.54, 1.807) is 11.3 Å². The molecule has 0 aliphatic rings. The number of anilines is 1. The molecule has 3 rings (SSSR count). The predicted octanol–water partition coefficient (Wildman–Crippen LogP) is 3.31. The number of nitrogens with two attached hydrogens (primary N) is 1. The second kappa shape index (κ2) is 5.56. The summed E-state index contributed by atoms with van der Waals surface area (Å²) < 4.78 is 5.43. The second-order valence-electron chi connectivity index (χ2n) is 3.94. The second-order valence-corrected chi connectivity index (χ2v) is 5.81. The highest BCUT2D eigenvalue weighted by molar-refractivity contribution is 7.19. The molecule has 5 nitrogen and oxygen atoms in total. The summed E-state index contributed by atoms with van der Waals surface area (Å²) in [5.41, 5.74) is 7.46. The van der Waals surface area contributed by atoms with Gasteiger partial charge in [0.15, 0.2) is 5.01 Å². The van der Waals surface area contributed by atoms with Gasteiger partial charge < -0.3 is 10.5 Å². The number of rotatable bonds is 4. The highest BCUT2D eigenvalue weighted by Crippen LogP contribution is 2.31. The van der Waals surface area contributed by atoms with Crippen LogP contribution in [0.25, 0.3) is 21.3 Å². The van der Waals surface area contributed by atoms with Crippen molar-refractivity contribution in [1.82, 2.24) is 15.2 Å². The molecule has 2 N–H and O–H groups in total. The summed E-state index contributed by atoms with van der Waals surface area (Å²) in [5.74, 6) is 0.866. The third-order valence-corrected chi connectivity index (χ3v) is 4.24. The van der Waals surface area contributed by atoms with Crippen molar-refractivity contribution in [3.05, 3.63) is 29.6 Å². The molecule has 0 aliphatic carbocycles. The Labute approximate surface area is 124 Å². The molecule has 102 valence electrons. The lowest BCUT2D eigenvalue weighted by atomic mass is 10.2. The van der Waals surface area contributed by atoms with Crippen LogP contribution in [-0.2, 0) is 0 Å². The fourth-order valence-electron chi connectivity index (χ4n) is 1.70. The van der Waals surface area contributed by atoms with Gasteiger partial charge in [-0.15, -0.1) is 21.5 Å². The Hall–Kier alpha value is -1.99. The third-order valence-electron chi connectivity index (χ3n) is 2.58. The number of hydrogen-bond donors (Lipinski definition) is 1. The van der Waals surface area contributed by atoms with E-state index in [1.165, 1.54) is 11.3 Å². The molecule has 0 saturated carbocycles. The molecule has 0 atom stereocenters. The number of ether oxygens (including phenoxy) is 1. The molecular formula is C13H12N4OS2. The predicted molar refractivity (Wildman–Crippen MR) is 82.0 cm³/mol. The van der Waals surface area contributed by atoms with Crippen molar-refractivity contribution < 1.29 is 4.74 Å². The molecule has 0 spiro atoms. The molecule has 2 aromatic heterocycles. The Morgan fingerprint density at radius 1 is 1.15 bits per heavy atom. The van der Waals surface area contributed by atoms with E-state index in [1.807, 2.05) is 36.6 Å². The molecule has 0 radical (unpaired) electrons. The summed E-state index contributed by atoms with van der Waals surface area (Å²) in [6.45, 7) is 2.63. The quantitative estimate of drug-likeness (QED) is 0.800. The van der Waals surface area contributed by atoms with Crippen LogP contribution in [0.3, 0.4) is 0 Å². The van der Waals surface area contributed by atoms with E-state index in [0.29, 0.717) is 11.7 Å². The molecule has 0 amide bonds. The average molecular weight is 304 g/mol. The van der Waals surface area contributed by atoms with Gasteiger partial charge in [-0.05, 0) is 31.2 Å². The highest BCUT2D eigenvalue weighted by atomic mass is 32.1. The molecule has 2 heterocycles. The van der Waals surface area contributed by atoms with Gasteiger partial charge in [-0.2, -0.15) is 0 Å². The molecule has 0 aliphatic heterocycles. The summed E-state index contributed by atoms with van der Waals surface area (Å²) in [6.07, 6.45) is 0. The summed E-state index contributed by atoms with van der Waals surface area (Å²) in [7, 11) is 0. The fraction of sp³-hybridized carbons (Fsp3) is 0.154. The zero-order chi connectivity index (χ0) is 13.9. The van der Waals surface area contributed by atoms with E-state index >= 15 is 0 Å². The summed E-state index contributed by atoms with van der Waals surface area (Å²) in [5, 5.41) is 11.9. The van der Waals surface area contributed by atoms with Gasteiger partial charge in [-0.1, -0.05) is 11.3 Å². The molecule has 3 aromatic rings. The first-order valence-electron chi connectivity index (χ1n) is 6.04. The molecule has 20 heavy (non-hydrogen) atoms. The number of thiazole rings is 1. The van der Waals surface area contributed by atoms with Crippen LogP contribution in [0.1, 0.15) is 6.92 Å². The molecule has 0 bridgehead atoms. The molecule has 0 saturated heterocycles. The lowest BCUT2D eigenvalue weighted by Gasteiger charge is -2.02. The monoisotopic (exact) mass is 304 g/mol. The van der Waals surface area contributed by atoms with E-state index in [0.717, 1.165) is 27.0 Å². The number of nitrogens with zero attached hydrogens (tertiary/aromatic N) is 3. The van der Waals surface area contributed by atoms with Gasteiger partial charge in [0, 0.05) is 10.9 Å². The van der Waals surface area contributed by atoms with Crippen molar-refractivity contribution in [2.24, 2.45) is 0 Å². The van der Waals surface area contributed by atoms with Crippen LogP contribution in [-0.4, -0.2) is 21.8 Å². The average Bonchev–Trinajstić information content (AvgIpc) is 3.09. The van der Waals surface area contributed by atoms with Crippen molar-refractivity contribution in [3.63, 3.8) is 0 Å². The number of aromatic nitrogens is 3. The van der Waals surface area contributed by atoms with E-state index in [9.17, 15) is 0 Å². The smallest absolute Gasteiger partial charge is 0.203 e. The minimum atomic E-state index is 0.454. The first-order valence-corrected chi connectivity index (χ1v) is 7.74. The minimum absolute atomic E-state index is 0.454.